The van der Waals surface area contributed by atoms with E-state index in [1.807, 2.05) is 24.3 Å². The second kappa shape index (κ2) is 6.25. The van der Waals surface area contributed by atoms with Gasteiger partial charge in [0, 0.05) is 13.3 Å². The predicted molar refractivity (Wildman–Crippen MR) is 94.3 cm³/mol. The fourth-order valence-electron chi connectivity index (χ4n) is 2.57. The highest BCUT2D eigenvalue weighted by Crippen LogP contribution is 2.21. The number of nitrogens with one attached hydrogen (secondary N) is 1. The number of aryl methyl sites for hydroxylation is 1. The molecule has 1 aromatic heterocycles. The van der Waals surface area contributed by atoms with Gasteiger partial charge in [0.15, 0.2) is 9.84 Å². The summed E-state index contributed by atoms with van der Waals surface area (Å²) in [5.74, 6) is 0.529. The van der Waals surface area contributed by atoms with E-state index in [0.717, 1.165) is 17.3 Å². The third kappa shape index (κ3) is 3.44. The molecule has 1 heterocycles. The van der Waals surface area contributed by atoms with Crippen molar-refractivity contribution >= 4 is 30.9 Å². The summed E-state index contributed by atoms with van der Waals surface area (Å²) in [6.07, 6.45) is 0.979. The van der Waals surface area contributed by atoms with Gasteiger partial charge in [0.2, 0.25) is 10.0 Å². The Labute approximate surface area is 146 Å². The van der Waals surface area contributed by atoms with Crippen molar-refractivity contribution < 1.29 is 16.8 Å². The molecular weight excluding hydrogens is 362 g/mol. The second-order valence-electron chi connectivity index (χ2n) is 5.62. The van der Waals surface area contributed by atoms with Gasteiger partial charge in [-0.25, -0.2) is 26.5 Å². The number of sulfonamides is 1. The van der Waals surface area contributed by atoms with E-state index < -0.39 is 19.9 Å². The first kappa shape index (κ1) is 17.6. The molecule has 25 heavy (non-hydrogen) atoms. The molecule has 3 aromatic rings. The highest BCUT2D eigenvalue weighted by atomic mass is 32.2. The number of aromatic nitrogens is 2. The van der Waals surface area contributed by atoms with Crippen molar-refractivity contribution in [1.82, 2.24) is 14.3 Å². The number of hydrogen-bond acceptors (Lipinski definition) is 5. The monoisotopic (exact) mass is 379 g/mol. The lowest BCUT2D eigenvalue weighted by Crippen LogP contribution is -2.26. The summed E-state index contributed by atoms with van der Waals surface area (Å²) in [5.41, 5.74) is 1.64. The quantitative estimate of drug-likeness (QED) is 0.724. The Morgan fingerprint density at radius 3 is 2.20 bits per heavy atom. The number of sulfone groups is 1. The van der Waals surface area contributed by atoms with Crippen LogP contribution < -0.4 is 4.72 Å². The standard InChI is InChI=1S/C16H17N3O4S2/c1-19-13-8-4-3-7-12(13)18-16(19)11-17-25(22,23)15-10-6-5-9-14(15)24(2,20)21/h3-10,17H,11H2,1-2H3. The number of para-hydroxylation sites is 2. The fraction of sp³-hybridized carbons (Fsp3) is 0.188. The van der Waals surface area contributed by atoms with Crippen LogP contribution in [-0.4, -0.2) is 32.6 Å². The molecule has 0 atom stereocenters. The molecule has 3 rings (SSSR count). The smallest absolute Gasteiger partial charge is 0.242 e. The van der Waals surface area contributed by atoms with Gasteiger partial charge in [-0.3, -0.25) is 0 Å². The number of hydrogen-bond donors (Lipinski definition) is 1. The Balaban J connectivity index is 1.94. The van der Waals surface area contributed by atoms with Crippen molar-refractivity contribution in [2.75, 3.05) is 6.26 Å². The van der Waals surface area contributed by atoms with Gasteiger partial charge in [-0.15, -0.1) is 0 Å². The average Bonchev–Trinajstić information content (AvgIpc) is 2.89. The van der Waals surface area contributed by atoms with Crippen LogP contribution in [0.4, 0.5) is 0 Å². The lowest BCUT2D eigenvalue weighted by Gasteiger charge is -2.10. The van der Waals surface area contributed by atoms with Crippen molar-refractivity contribution in [3.05, 3.63) is 54.4 Å². The van der Waals surface area contributed by atoms with Crippen molar-refractivity contribution in [3.63, 3.8) is 0 Å². The van der Waals surface area contributed by atoms with E-state index in [2.05, 4.69) is 9.71 Å². The highest BCUT2D eigenvalue weighted by molar-refractivity contribution is 7.93. The molecule has 132 valence electrons. The molecule has 0 fully saturated rings. The maximum absolute atomic E-state index is 12.6. The molecule has 0 amide bonds. The summed E-state index contributed by atoms with van der Waals surface area (Å²) < 4.78 is 53.1. The lowest BCUT2D eigenvalue weighted by molar-refractivity contribution is 0.571. The molecule has 2 aromatic carbocycles. The fourth-order valence-corrected chi connectivity index (χ4v) is 5.18. The Hall–Kier alpha value is -2.23. The molecule has 0 unspecified atom stereocenters. The summed E-state index contributed by atoms with van der Waals surface area (Å²) in [6, 6.07) is 13.0. The van der Waals surface area contributed by atoms with E-state index in [0.29, 0.717) is 5.82 Å². The van der Waals surface area contributed by atoms with Gasteiger partial charge < -0.3 is 4.57 Å². The number of imidazole rings is 1. The lowest BCUT2D eigenvalue weighted by atomic mass is 10.3. The van der Waals surface area contributed by atoms with Crippen LogP contribution in [-0.2, 0) is 33.5 Å². The minimum absolute atomic E-state index is 0.0500. The Bertz CT molecular complexity index is 1150. The highest BCUT2D eigenvalue weighted by Gasteiger charge is 2.23. The molecule has 0 saturated heterocycles. The van der Waals surface area contributed by atoms with Gasteiger partial charge >= 0.3 is 0 Å². The normalized spacial score (nSPS) is 12.6. The molecule has 9 heteroatoms. The number of rotatable bonds is 5. The minimum Gasteiger partial charge on any atom is -0.330 e. The molecule has 0 radical (unpaired) electrons. The Morgan fingerprint density at radius 2 is 1.56 bits per heavy atom. The summed E-state index contributed by atoms with van der Waals surface area (Å²) >= 11 is 0. The number of fused-ring (bicyclic) bond motifs is 1. The SMILES string of the molecule is Cn1c(CNS(=O)(=O)c2ccccc2S(C)(=O)=O)nc2ccccc21. The summed E-state index contributed by atoms with van der Waals surface area (Å²) in [6.45, 7) is -0.0500. The van der Waals surface area contributed by atoms with Crippen LogP contribution in [0.3, 0.4) is 0 Å². The van der Waals surface area contributed by atoms with Crippen molar-refractivity contribution in [1.29, 1.82) is 0 Å². The van der Waals surface area contributed by atoms with Gasteiger partial charge in [-0.05, 0) is 24.3 Å². The largest absolute Gasteiger partial charge is 0.330 e. The molecule has 0 saturated carbocycles. The van der Waals surface area contributed by atoms with Crippen molar-refractivity contribution in [2.24, 2.45) is 7.05 Å². The Kier molecular flexibility index (Phi) is 4.40. The van der Waals surface area contributed by atoms with Crippen molar-refractivity contribution in [3.8, 4) is 0 Å². The topological polar surface area (TPSA) is 98.1 Å². The van der Waals surface area contributed by atoms with Crippen LogP contribution in [0.25, 0.3) is 11.0 Å². The zero-order valence-electron chi connectivity index (χ0n) is 13.7. The molecule has 7 nitrogen and oxygen atoms in total. The first-order valence-corrected chi connectivity index (χ1v) is 10.8. The molecular formula is C16H17N3O4S2. The third-order valence-electron chi connectivity index (χ3n) is 3.84. The maximum Gasteiger partial charge on any atom is 0.242 e. The zero-order valence-corrected chi connectivity index (χ0v) is 15.3. The van der Waals surface area contributed by atoms with E-state index in [4.69, 9.17) is 0 Å². The van der Waals surface area contributed by atoms with E-state index in [9.17, 15) is 16.8 Å². The van der Waals surface area contributed by atoms with E-state index >= 15 is 0 Å². The minimum atomic E-state index is -4.01. The van der Waals surface area contributed by atoms with Crippen LogP contribution >= 0.6 is 0 Å². The summed E-state index contributed by atoms with van der Waals surface area (Å²) in [4.78, 5) is 3.90. The average molecular weight is 379 g/mol. The van der Waals surface area contributed by atoms with Gasteiger partial charge in [-0.2, -0.15) is 0 Å². The van der Waals surface area contributed by atoms with Gasteiger partial charge in [0.05, 0.1) is 22.5 Å². The predicted octanol–water partition coefficient (Wildman–Crippen LogP) is 1.46. The molecule has 0 aliphatic heterocycles. The number of nitrogens with zero attached hydrogens (tertiary/aromatic N) is 2. The maximum atomic E-state index is 12.6. The van der Waals surface area contributed by atoms with Crippen LogP contribution in [0.1, 0.15) is 5.82 Å². The zero-order chi connectivity index (χ0) is 18.2. The summed E-state index contributed by atoms with van der Waals surface area (Å²) in [5, 5.41) is 0. The third-order valence-corrected chi connectivity index (χ3v) is 6.58. The molecule has 0 aliphatic carbocycles. The van der Waals surface area contributed by atoms with E-state index in [1.165, 1.54) is 24.3 Å². The van der Waals surface area contributed by atoms with Crippen molar-refractivity contribution in [2.45, 2.75) is 16.3 Å². The van der Waals surface area contributed by atoms with Crippen LogP contribution in [0.5, 0.6) is 0 Å². The molecule has 0 aliphatic rings. The van der Waals surface area contributed by atoms with Crippen LogP contribution in [0, 0.1) is 0 Å². The summed E-state index contributed by atoms with van der Waals surface area (Å²) in [7, 11) is -5.88. The van der Waals surface area contributed by atoms with E-state index in [1.54, 1.807) is 11.6 Å². The van der Waals surface area contributed by atoms with Gasteiger partial charge in [-0.1, -0.05) is 24.3 Å². The first-order valence-electron chi connectivity index (χ1n) is 7.39. The van der Waals surface area contributed by atoms with Gasteiger partial charge in [0.25, 0.3) is 0 Å². The molecule has 1 N–H and O–H groups in total. The van der Waals surface area contributed by atoms with Crippen LogP contribution in [0.2, 0.25) is 0 Å². The number of benzene rings is 2. The van der Waals surface area contributed by atoms with Crippen LogP contribution in [0.15, 0.2) is 58.3 Å². The Morgan fingerprint density at radius 1 is 0.960 bits per heavy atom. The van der Waals surface area contributed by atoms with Gasteiger partial charge in [0.1, 0.15) is 10.7 Å². The molecule has 0 spiro atoms. The second-order valence-corrected chi connectivity index (χ2v) is 9.34. The van der Waals surface area contributed by atoms with E-state index in [-0.39, 0.29) is 16.3 Å². The first-order chi connectivity index (χ1) is 11.7. The molecule has 0 bridgehead atoms.